The van der Waals surface area contributed by atoms with E-state index in [0.717, 1.165) is 12.8 Å². The maximum absolute atomic E-state index is 12.3. The molecule has 2 heterocycles. The molecule has 2 fully saturated rings. The lowest BCUT2D eigenvalue weighted by molar-refractivity contribution is -0.145. The molecule has 2 N–H and O–H groups in total. The highest BCUT2D eigenvalue weighted by Gasteiger charge is 2.39. The van der Waals surface area contributed by atoms with Crippen molar-refractivity contribution in [3.8, 4) is 0 Å². The highest BCUT2D eigenvalue weighted by Crippen LogP contribution is 2.25. The number of rotatable bonds is 1. The number of carbonyl (C=O) groups excluding carboxylic acids is 1. The zero-order valence-electron chi connectivity index (χ0n) is 10.6. The van der Waals surface area contributed by atoms with Crippen LogP contribution < -0.4 is 0 Å². The molecule has 0 aliphatic carbocycles. The van der Waals surface area contributed by atoms with Crippen molar-refractivity contribution in [2.24, 2.45) is 5.92 Å². The Morgan fingerprint density at radius 2 is 1.94 bits per heavy atom. The van der Waals surface area contributed by atoms with Crippen molar-refractivity contribution in [3.63, 3.8) is 0 Å². The summed E-state index contributed by atoms with van der Waals surface area (Å²) in [6.45, 7) is 3.19. The number of piperidine rings is 1. The molecule has 0 aromatic rings. The van der Waals surface area contributed by atoms with Gasteiger partial charge in [0.05, 0.1) is 6.10 Å². The molecular formula is C12H20N2O4. The second kappa shape index (κ2) is 5.14. The number of aliphatic carboxylic acids is 1. The topological polar surface area (TPSA) is 81.1 Å². The lowest BCUT2D eigenvalue weighted by Gasteiger charge is -2.39. The summed E-state index contributed by atoms with van der Waals surface area (Å²) < 4.78 is 0. The van der Waals surface area contributed by atoms with E-state index in [1.165, 1.54) is 4.90 Å². The van der Waals surface area contributed by atoms with Gasteiger partial charge in [0.15, 0.2) is 0 Å². The molecule has 2 aliphatic rings. The minimum Gasteiger partial charge on any atom is -0.480 e. The number of carbonyl (C=O) groups is 2. The van der Waals surface area contributed by atoms with Gasteiger partial charge in [-0.05, 0) is 25.2 Å². The highest BCUT2D eigenvalue weighted by molar-refractivity contribution is 5.83. The molecule has 6 nitrogen and oxygen atoms in total. The number of carboxylic acid groups (broad SMARTS) is 1. The number of aliphatic hydroxyl groups is 1. The van der Waals surface area contributed by atoms with E-state index in [9.17, 15) is 19.8 Å². The van der Waals surface area contributed by atoms with E-state index >= 15 is 0 Å². The van der Waals surface area contributed by atoms with Gasteiger partial charge >= 0.3 is 12.0 Å². The van der Waals surface area contributed by atoms with Gasteiger partial charge in [-0.1, -0.05) is 6.92 Å². The van der Waals surface area contributed by atoms with Crippen LogP contribution in [0, 0.1) is 5.92 Å². The smallest absolute Gasteiger partial charge is 0.326 e. The summed E-state index contributed by atoms with van der Waals surface area (Å²) in [6.07, 6.45) is 1.78. The van der Waals surface area contributed by atoms with Gasteiger partial charge in [-0.25, -0.2) is 9.59 Å². The number of β-amino-alcohol motifs (C(OH)–C–C–N with tert-alkyl or cyclic N) is 1. The number of amides is 2. The minimum atomic E-state index is -0.935. The van der Waals surface area contributed by atoms with Crippen molar-refractivity contribution in [3.05, 3.63) is 0 Å². The first-order chi connectivity index (χ1) is 8.50. The van der Waals surface area contributed by atoms with E-state index in [1.54, 1.807) is 4.90 Å². The monoisotopic (exact) mass is 256 g/mol. The van der Waals surface area contributed by atoms with Gasteiger partial charge in [0.1, 0.15) is 6.04 Å². The Bertz CT molecular complexity index is 347. The second-order valence-electron chi connectivity index (χ2n) is 5.27. The fourth-order valence-corrected chi connectivity index (χ4v) is 2.88. The third kappa shape index (κ3) is 2.43. The summed E-state index contributed by atoms with van der Waals surface area (Å²) in [7, 11) is 0. The first-order valence-electron chi connectivity index (χ1n) is 6.47. The molecule has 2 saturated heterocycles. The summed E-state index contributed by atoms with van der Waals surface area (Å²) in [5.41, 5.74) is 0. The van der Waals surface area contributed by atoms with Gasteiger partial charge in [0, 0.05) is 19.6 Å². The van der Waals surface area contributed by atoms with Crippen LogP contribution in [-0.2, 0) is 4.79 Å². The van der Waals surface area contributed by atoms with Crippen molar-refractivity contribution in [2.75, 3.05) is 19.6 Å². The SMILES string of the molecule is CC1CCCN(C(=O)N2CCC(O)C2)C1C(=O)O. The maximum atomic E-state index is 12.3. The summed E-state index contributed by atoms with van der Waals surface area (Å²) in [6, 6.07) is -0.977. The lowest BCUT2D eigenvalue weighted by atomic mass is 9.91. The van der Waals surface area contributed by atoms with Crippen LogP contribution in [-0.4, -0.2) is 63.8 Å². The predicted molar refractivity (Wildman–Crippen MR) is 64.1 cm³/mol. The molecule has 6 heteroatoms. The normalized spacial score (nSPS) is 32.7. The first-order valence-corrected chi connectivity index (χ1v) is 6.47. The van der Waals surface area contributed by atoms with Crippen LogP contribution in [0.3, 0.4) is 0 Å². The van der Waals surface area contributed by atoms with E-state index in [1.807, 2.05) is 6.92 Å². The predicted octanol–water partition coefficient (Wildman–Crippen LogP) is 0.358. The molecule has 2 rings (SSSR count). The Hall–Kier alpha value is -1.30. The minimum absolute atomic E-state index is 0.0206. The van der Waals surface area contributed by atoms with E-state index in [4.69, 9.17) is 0 Å². The van der Waals surface area contributed by atoms with Crippen LogP contribution in [0.25, 0.3) is 0 Å². The van der Waals surface area contributed by atoms with E-state index < -0.39 is 18.1 Å². The summed E-state index contributed by atoms with van der Waals surface area (Å²) in [5, 5.41) is 18.7. The molecule has 0 aromatic carbocycles. The standard InChI is InChI=1S/C12H20N2O4/c1-8-3-2-5-14(10(8)11(16)17)12(18)13-6-4-9(15)7-13/h8-10,15H,2-7H2,1H3,(H,16,17). The van der Waals surface area contributed by atoms with E-state index in [2.05, 4.69) is 0 Å². The molecule has 0 aromatic heterocycles. The largest absolute Gasteiger partial charge is 0.480 e. The van der Waals surface area contributed by atoms with Gasteiger partial charge in [-0.15, -0.1) is 0 Å². The lowest BCUT2D eigenvalue weighted by Crippen LogP contribution is -2.55. The van der Waals surface area contributed by atoms with Gasteiger partial charge in [0.25, 0.3) is 0 Å². The van der Waals surface area contributed by atoms with Crippen molar-refractivity contribution in [1.29, 1.82) is 0 Å². The molecule has 3 atom stereocenters. The Kier molecular flexibility index (Phi) is 3.75. The number of nitrogens with zero attached hydrogens (tertiary/aromatic N) is 2. The van der Waals surface area contributed by atoms with Crippen LogP contribution in [0.2, 0.25) is 0 Å². The van der Waals surface area contributed by atoms with Crippen LogP contribution in [0.4, 0.5) is 4.79 Å². The fourth-order valence-electron chi connectivity index (χ4n) is 2.88. The number of carboxylic acids is 1. The Morgan fingerprint density at radius 3 is 2.50 bits per heavy atom. The van der Waals surface area contributed by atoms with Crippen LogP contribution in [0.1, 0.15) is 26.2 Å². The van der Waals surface area contributed by atoms with E-state index in [0.29, 0.717) is 26.1 Å². The number of hydrogen-bond donors (Lipinski definition) is 2. The van der Waals surface area contributed by atoms with Gasteiger partial charge in [0.2, 0.25) is 0 Å². The van der Waals surface area contributed by atoms with Crippen molar-refractivity contribution >= 4 is 12.0 Å². The molecule has 0 saturated carbocycles. The first kappa shape index (κ1) is 13.1. The van der Waals surface area contributed by atoms with Crippen molar-refractivity contribution < 1.29 is 19.8 Å². The molecule has 3 unspecified atom stereocenters. The third-order valence-electron chi connectivity index (χ3n) is 3.87. The third-order valence-corrected chi connectivity index (χ3v) is 3.87. The average Bonchev–Trinajstić information content (AvgIpc) is 2.74. The van der Waals surface area contributed by atoms with Crippen LogP contribution >= 0.6 is 0 Å². The number of urea groups is 1. The van der Waals surface area contributed by atoms with Gasteiger partial charge < -0.3 is 20.0 Å². The Balaban J connectivity index is 2.09. The molecule has 2 amide bonds. The molecule has 0 radical (unpaired) electrons. The van der Waals surface area contributed by atoms with Crippen molar-refractivity contribution in [1.82, 2.24) is 9.80 Å². The number of aliphatic hydroxyl groups excluding tert-OH is 1. The zero-order valence-corrected chi connectivity index (χ0v) is 10.6. The molecule has 2 aliphatic heterocycles. The maximum Gasteiger partial charge on any atom is 0.326 e. The molecule has 0 bridgehead atoms. The molecule has 18 heavy (non-hydrogen) atoms. The zero-order chi connectivity index (χ0) is 13.3. The van der Waals surface area contributed by atoms with Crippen LogP contribution in [0.15, 0.2) is 0 Å². The van der Waals surface area contributed by atoms with Gasteiger partial charge in [-0.3, -0.25) is 0 Å². The molecular weight excluding hydrogens is 236 g/mol. The quantitative estimate of drug-likeness (QED) is 0.709. The molecule has 0 spiro atoms. The van der Waals surface area contributed by atoms with Crippen molar-refractivity contribution in [2.45, 2.75) is 38.3 Å². The van der Waals surface area contributed by atoms with Crippen LogP contribution in [0.5, 0.6) is 0 Å². The average molecular weight is 256 g/mol. The summed E-state index contributed by atoms with van der Waals surface area (Å²) in [4.78, 5) is 26.6. The summed E-state index contributed by atoms with van der Waals surface area (Å²) in [5.74, 6) is -0.956. The Morgan fingerprint density at radius 1 is 1.22 bits per heavy atom. The Labute approximate surface area is 106 Å². The van der Waals surface area contributed by atoms with Gasteiger partial charge in [-0.2, -0.15) is 0 Å². The highest BCUT2D eigenvalue weighted by atomic mass is 16.4. The second-order valence-corrected chi connectivity index (χ2v) is 5.27. The fraction of sp³-hybridized carbons (Fsp3) is 0.833. The number of likely N-dealkylation sites (tertiary alicyclic amines) is 2. The van der Waals surface area contributed by atoms with E-state index in [-0.39, 0.29) is 11.9 Å². The summed E-state index contributed by atoms with van der Waals surface area (Å²) >= 11 is 0. The number of hydrogen-bond acceptors (Lipinski definition) is 3. The molecule has 102 valence electrons.